The third-order valence-corrected chi connectivity index (χ3v) is 6.68. The highest BCUT2D eigenvalue weighted by molar-refractivity contribution is 7.12. The molecule has 2 aliphatic rings. The summed E-state index contributed by atoms with van der Waals surface area (Å²) in [5.74, 6) is 0.439. The van der Waals surface area contributed by atoms with Gasteiger partial charge in [-0.05, 0) is 62.9 Å². The van der Waals surface area contributed by atoms with Gasteiger partial charge in [0.15, 0.2) is 5.78 Å². The van der Waals surface area contributed by atoms with Crippen LogP contribution in [-0.2, 0) is 6.42 Å². The van der Waals surface area contributed by atoms with Crippen LogP contribution in [0.4, 0.5) is 4.39 Å². The van der Waals surface area contributed by atoms with Crippen molar-refractivity contribution >= 4 is 29.5 Å². The van der Waals surface area contributed by atoms with Gasteiger partial charge in [-0.2, -0.15) is 0 Å². The lowest BCUT2D eigenvalue weighted by Crippen LogP contribution is -2.44. The van der Waals surface area contributed by atoms with E-state index in [-0.39, 0.29) is 42.1 Å². The molecular formula is C21H25ClFNO3S. The molecule has 1 aromatic heterocycles. The fourth-order valence-corrected chi connectivity index (χ4v) is 5.14. The lowest BCUT2D eigenvalue weighted by atomic mass is 9.87. The van der Waals surface area contributed by atoms with Gasteiger partial charge < -0.3 is 15.2 Å². The fourth-order valence-electron chi connectivity index (χ4n) is 4.09. The van der Waals surface area contributed by atoms with Crippen molar-refractivity contribution in [3.63, 3.8) is 0 Å². The van der Waals surface area contributed by atoms with Crippen molar-refractivity contribution in [1.82, 2.24) is 5.32 Å². The van der Waals surface area contributed by atoms with Gasteiger partial charge in [0.2, 0.25) is 0 Å². The molecule has 0 saturated heterocycles. The molecule has 0 radical (unpaired) electrons. The zero-order valence-corrected chi connectivity index (χ0v) is 17.3. The molecule has 152 valence electrons. The van der Waals surface area contributed by atoms with Gasteiger partial charge in [-0.15, -0.1) is 23.7 Å². The molecule has 2 aromatic rings. The van der Waals surface area contributed by atoms with Crippen molar-refractivity contribution in [3.8, 4) is 5.75 Å². The van der Waals surface area contributed by atoms with Crippen LogP contribution in [0.5, 0.6) is 5.75 Å². The number of benzene rings is 1. The second kappa shape index (κ2) is 8.91. The van der Waals surface area contributed by atoms with E-state index in [1.54, 1.807) is 23.5 Å². The predicted molar refractivity (Wildman–Crippen MR) is 110 cm³/mol. The zero-order valence-electron chi connectivity index (χ0n) is 15.7. The summed E-state index contributed by atoms with van der Waals surface area (Å²) in [5.41, 5.74) is 0.889. The number of ketones is 1. The number of aliphatic hydroxyl groups excluding tert-OH is 1. The van der Waals surface area contributed by atoms with Crippen molar-refractivity contribution in [2.24, 2.45) is 5.92 Å². The normalized spacial score (nSPS) is 26.6. The highest BCUT2D eigenvalue weighted by Crippen LogP contribution is 2.32. The zero-order chi connectivity index (χ0) is 19.0. The number of halogens is 2. The van der Waals surface area contributed by atoms with Crippen molar-refractivity contribution in [2.45, 2.75) is 50.9 Å². The number of nitrogens with one attached hydrogen (secondary N) is 1. The highest BCUT2D eigenvalue weighted by atomic mass is 35.5. The number of thiophene rings is 1. The smallest absolute Gasteiger partial charge is 0.168 e. The SMILES string of the molecule is Cc1cc2c(s1)CCC(CN[C@@H]1CC[C@@H](Oc3ccc(F)cc3)[C@@H]1O)C2=O.Cl. The molecule has 0 amide bonds. The van der Waals surface area contributed by atoms with Gasteiger partial charge in [-0.25, -0.2) is 4.39 Å². The summed E-state index contributed by atoms with van der Waals surface area (Å²) in [4.78, 5) is 15.1. The van der Waals surface area contributed by atoms with E-state index in [2.05, 4.69) is 5.32 Å². The third-order valence-electron chi connectivity index (χ3n) is 5.57. The van der Waals surface area contributed by atoms with Crippen molar-refractivity contribution in [1.29, 1.82) is 0 Å². The Hall–Kier alpha value is -1.47. The number of rotatable bonds is 5. The summed E-state index contributed by atoms with van der Waals surface area (Å²) < 4.78 is 18.8. The number of Topliss-reactive ketones (excluding diaryl/α,β-unsaturated/α-hetero) is 1. The average molecular weight is 426 g/mol. The van der Waals surface area contributed by atoms with E-state index < -0.39 is 6.10 Å². The Morgan fingerprint density at radius 3 is 2.75 bits per heavy atom. The Balaban J connectivity index is 0.00000225. The molecular weight excluding hydrogens is 401 g/mol. The Kier molecular flexibility index (Phi) is 6.76. The molecule has 1 aromatic carbocycles. The molecule has 1 saturated carbocycles. The van der Waals surface area contributed by atoms with Crippen LogP contribution < -0.4 is 10.1 Å². The predicted octanol–water partition coefficient (Wildman–Crippen LogP) is 3.92. The van der Waals surface area contributed by atoms with Crippen LogP contribution in [0.3, 0.4) is 0 Å². The molecule has 1 fully saturated rings. The van der Waals surface area contributed by atoms with E-state index in [0.29, 0.717) is 12.3 Å². The number of aryl methyl sites for hydroxylation is 2. The first-order valence-electron chi connectivity index (χ1n) is 9.48. The van der Waals surface area contributed by atoms with Crippen LogP contribution in [0.25, 0.3) is 0 Å². The van der Waals surface area contributed by atoms with Gasteiger partial charge in [0.25, 0.3) is 0 Å². The van der Waals surface area contributed by atoms with E-state index in [9.17, 15) is 14.3 Å². The topological polar surface area (TPSA) is 58.6 Å². The average Bonchev–Trinajstić information content (AvgIpc) is 3.20. The molecule has 0 aliphatic heterocycles. The number of hydrogen-bond acceptors (Lipinski definition) is 5. The first-order chi connectivity index (χ1) is 13.0. The number of aliphatic hydroxyl groups is 1. The lowest BCUT2D eigenvalue weighted by molar-refractivity contribution is 0.0441. The van der Waals surface area contributed by atoms with Crippen LogP contribution in [0.2, 0.25) is 0 Å². The number of fused-ring (bicyclic) bond motifs is 1. The Labute approximate surface area is 174 Å². The minimum atomic E-state index is -0.646. The number of ether oxygens (including phenoxy) is 1. The molecule has 1 unspecified atom stereocenters. The highest BCUT2D eigenvalue weighted by Gasteiger charge is 2.37. The van der Waals surface area contributed by atoms with Crippen molar-refractivity contribution in [2.75, 3.05) is 6.54 Å². The number of hydrogen-bond donors (Lipinski definition) is 2. The van der Waals surface area contributed by atoms with Gasteiger partial charge >= 0.3 is 0 Å². The summed E-state index contributed by atoms with van der Waals surface area (Å²) in [6.45, 7) is 2.62. The second-order valence-corrected chi connectivity index (χ2v) is 8.83. The van der Waals surface area contributed by atoms with Gasteiger partial charge in [0.1, 0.15) is 23.8 Å². The second-order valence-electron chi connectivity index (χ2n) is 7.49. The third kappa shape index (κ3) is 4.40. The van der Waals surface area contributed by atoms with Gasteiger partial charge in [-0.1, -0.05) is 0 Å². The minimum Gasteiger partial charge on any atom is -0.488 e. The van der Waals surface area contributed by atoms with Crippen LogP contribution >= 0.6 is 23.7 Å². The fraction of sp³-hybridized carbons (Fsp3) is 0.476. The first kappa shape index (κ1) is 21.2. The monoisotopic (exact) mass is 425 g/mol. The van der Waals surface area contributed by atoms with Gasteiger partial charge in [-0.3, -0.25) is 4.79 Å². The molecule has 4 atom stereocenters. The molecule has 7 heteroatoms. The maximum atomic E-state index is 13.0. The summed E-state index contributed by atoms with van der Waals surface area (Å²) in [6.07, 6.45) is 2.36. The molecule has 0 bridgehead atoms. The molecule has 4 rings (SSSR count). The van der Waals surface area contributed by atoms with Crippen LogP contribution in [0, 0.1) is 18.7 Å². The van der Waals surface area contributed by atoms with Crippen molar-refractivity contribution < 1.29 is 19.0 Å². The summed E-state index contributed by atoms with van der Waals surface area (Å²) in [6, 6.07) is 7.76. The first-order valence-corrected chi connectivity index (χ1v) is 10.3. The molecule has 2 N–H and O–H groups in total. The largest absolute Gasteiger partial charge is 0.488 e. The van der Waals surface area contributed by atoms with Gasteiger partial charge in [0.05, 0.1) is 0 Å². The van der Waals surface area contributed by atoms with Crippen molar-refractivity contribution in [3.05, 3.63) is 51.5 Å². The van der Waals surface area contributed by atoms with E-state index in [1.807, 2.05) is 13.0 Å². The van der Waals surface area contributed by atoms with E-state index in [1.165, 1.54) is 21.9 Å². The number of carbonyl (C=O) groups excluding carboxylic acids is 1. The van der Waals surface area contributed by atoms with E-state index in [0.717, 1.165) is 31.2 Å². The number of carbonyl (C=O) groups is 1. The quantitative estimate of drug-likeness (QED) is 0.762. The Bertz CT molecular complexity index is 826. The molecule has 1 heterocycles. The standard InChI is InChI=1S/C21H24FNO3S.ClH/c1-12-10-16-19(27-12)9-2-13(20(16)24)11-23-17-7-8-18(21(17)25)26-15-5-3-14(22)4-6-15;/h3-6,10,13,17-18,21,23,25H,2,7-9,11H2,1H3;1H/t13?,17-,18-,21-;/m1./s1. The lowest BCUT2D eigenvalue weighted by Gasteiger charge is -2.25. The maximum Gasteiger partial charge on any atom is 0.168 e. The Morgan fingerprint density at radius 1 is 1.25 bits per heavy atom. The van der Waals surface area contributed by atoms with Crippen LogP contribution in [0.1, 0.15) is 39.4 Å². The molecule has 28 heavy (non-hydrogen) atoms. The summed E-state index contributed by atoms with van der Waals surface area (Å²) >= 11 is 1.72. The van der Waals surface area contributed by atoms with Crippen LogP contribution in [-0.4, -0.2) is 35.7 Å². The minimum absolute atomic E-state index is 0. The van der Waals surface area contributed by atoms with Gasteiger partial charge in [0, 0.05) is 33.8 Å². The summed E-state index contributed by atoms with van der Waals surface area (Å²) in [5, 5.41) is 14.0. The summed E-state index contributed by atoms with van der Waals surface area (Å²) in [7, 11) is 0. The molecule has 4 nitrogen and oxygen atoms in total. The van der Waals surface area contributed by atoms with E-state index in [4.69, 9.17) is 4.74 Å². The molecule has 0 spiro atoms. The van der Waals surface area contributed by atoms with Crippen LogP contribution in [0.15, 0.2) is 30.3 Å². The molecule has 2 aliphatic carbocycles. The van der Waals surface area contributed by atoms with E-state index >= 15 is 0 Å². The maximum absolute atomic E-state index is 13.0. The Morgan fingerprint density at radius 2 is 2.00 bits per heavy atom.